The Hall–Kier alpha value is -6.52. The molecule has 6 amide bonds. The Morgan fingerprint density at radius 3 is 2.49 bits per heavy atom. The highest BCUT2D eigenvalue weighted by Gasteiger charge is 2.64. The summed E-state index contributed by atoms with van der Waals surface area (Å²) in [5.41, 5.74) is 6.93. The number of carbonyl (C=O) groups is 8. The first-order chi connectivity index (χ1) is 39.8. The van der Waals surface area contributed by atoms with Gasteiger partial charge in [-0.05, 0) is 99.7 Å². The van der Waals surface area contributed by atoms with Gasteiger partial charge < -0.3 is 50.6 Å². The van der Waals surface area contributed by atoms with Gasteiger partial charge in [-0.15, -0.1) is 0 Å². The van der Waals surface area contributed by atoms with Crippen LogP contribution in [0.4, 0.5) is 21.0 Å². The average Bonchev–Trinajstić information content (AvgIpc) is 1.94. The molecule has 7 N–H and O–H groups in total. The number of carbonyl (C=O) groups excluding carboxylic acids is 8. The Balaban J connectivity index is 1.21. The number of nitrogens with one attached hydrogen (secondary N) is 4. The van der Waals surface area contributed by atoms with E-state index in [4.69, 9.17) is 36.3 Å². The van der Waals surface area contributed by atoms with Crippen LogP contribution in [-0.4, -0.2) is 132 Å². The number of allylic oxidation sites excluding steroid dienone is 3. The molecule has 2 saturated heterocycles. The summed E-state index contributed by atoms with van der Waals surface area (Å²) >= 11 is 10.1. The molecule has 1 aromatic heterocycles. The standard InChI is InChI=1S/C62H81BrClN7O13/c1-35(2)44(30-42(72)17-11-10-12-23-67-57(76)38(5)34-63)58(77)69-46(19-15-25-68-59(65)78)48(73)29-41-21-22-45(43-18-14-24-66-55(41)43)70-60(79)83-51-31-52(74)71(8)47-28-40(27-37(4)54(47)64)26-36(3)16-13-20-50(81-9)62(80)32-49(82-53(75)33-62)39(6)56-61(51,7)84-56/h13-14,16,18,20-22,24,27-28,35,39,44,46,49-51,56,80H,5,10-12,15,17,19,23,25-26,29-34H2,1-4,6-9H3,(H,67,76)(H,69,77)(H,70,79)(H3,65,68,78)/b20-13+,36-16+/t39-,44+,46+,49+,50-,51+,56+,61+,62-/m1/s1. The predicted molar refractivity (Wildman–Crippen MR) is 324 cm³/mol. The van der Waals surface area contributed by atoms with Crippen molar-refractivity contribution in [2.24, 2.45) is 23.5 Å². The number of alkyl halides is 1. The second-order valence-corrected chi connectivity index (χ2v) is 23.9. The average molecular weight is 1250 g/mol. The molecule has 0 unspecified atom stereocenters. The molecule has 3 aliphatic rings. The van der Waals surface area contributed by atoms with Crippen LogP contribution in [-0.2, 0) is 60.6 Å². The van der Waals surface area contributed by atoms with Crippen LogP contribution < -0.4 is 31.9 Å². The Bertz CT molecular complexity index is 3030. The van der Waals surface area contributed by atoms with Gasteiger partial charge in [0, 0.05) is 87.3 Å². The normalized spacial score (nSPS) is 24.3. The van der Waals surface area contributed by atoms with Gasteiger partial charge in [-0.3, -0.25) is 39.1 Å². The van der Waals surface area contributed by atoms with Crippen molar-refractivity contribution in [3.63, 3.8) is 0 Å². The molecule has 456 valence electrons. The molecule has 20 nitrogen and oxygen atoms in total. The molecule has 0 spiro atoms. The number of aromatic nitrogens is 1. The number of epoxide rings is 1. The molecule has 2 aromatic carbocycles. The van der Waals surface area contributed by atoms with E-state index < -0.39 is 83.4 Å². The van der Waals surface area contributed by atoms with Crippen molar-refractivity contribution in [2.45, 2.75) is 160 Å². The Morgan fingerprint density at radius 2 is 1.79 bits per heavy atom. The number of nitrogens with zero attached hydrogens (tertiary/aromatic N) is 2. The number of aliphatic hydroxyl groups is 1. The summed E-state index contributed by atoms with van der Waals surface area (Å²) in [5, 5.41) is 24.3. The number of urea groups is 1. The van der Waals surface area contributed by atoms with Gasteiger partial charge in [-0.25, -0.2) is 9.59 Å². The first-order valence-electron chi connectivity index (χ1n) is 28.5. The van der Waals surface area contributed by atoms with Gasteiger partial charge in [-0.1, -0.05) is 97.2 Å². The Kier molecular flexibility index (Phi) is 23.8. The number of Topliss-reactive ketones (excluding diaryl/α,β-unsaturated/α-hetero) is 2. The second-order valence-electron chi connectivity index (χ2n) is 23.0. The number of esters is 1. The van der Waals surface area contributed by atoms with Gasteiger partial charge in [0.05, 0.1) is 46.9 Å². The van der Waals surface area contributed by atoms with Gasteiger partial charge in [0.25, 0.3) is 0 Å². The fraction of sp³-hybridized carbons (Fsp3) is 0.532. The topological polar surface area (TPSA) is 287 Å². The van der Waals surface area contributed by atoms with Crippen LogP contribution >= 0.6 is 27.5 Å². The number of primary amides is 1. The highest BCUT2D eigenvalue weighted by molar-refractivity contribution is 9.09. The Morgan fingerprint density at radius 1 is 1.05 bits per heavy atom. The zero-order valence-electron chi connectivity index (χ0n) is 49.3. The first kappa shape index (κ1) is 66.6. The van der Waals surface area contributed by atoms with Crippen LogP contribution in [0.3, 0.4) is 0 Å². The van der Waals surface area contributed by atoms with E-state index >= 15 is 0 Å². The molecule has 4 heterocycles. The number of pyridine rings is 1. The SMILES string of the molecule is C=C(CBr)C(=O)NCCCCCC(=O)C[C@H](C(=O)N[C@@H](CCCNC(N)=O)C(=O)Cc1ccc(NC(=O)O[C@H]2CC(=O)N(C)c3cc(cc(C)c3Cl)C/C(C)=C/C=C/[C@@H](OC)[C@]3(O)CC(=O)O[C@@H](C3)[C@@H](C)[C@@H]3O[C@@]23C)c2cccnc12)C(C)C. The fourth-order valence-electron chi connectivity index (χ4n) is 11.1. The molecule has 3 aliphatic heterocycles. The molecule has 2 fully saturated rings. The minimum Gasteiger partial charge on any atom is -0.462 e. The lowest BCUT2D eigenvalue weighted by Gasteiger charge is -2.41. The zero-order valence-corrected chi connectivity index (χ0v) is 51.6. The first-order valence-corrected chi connectivity index (χ1v) is 30.0. The van der Waals surface area contributed by atoms with Crippen LogP contribution in [0.1, 0.15) is 116 Å². The quantitative estimate of drug-likeness (QED) is 0.0171. The summed E-state index contributed by atoms with van der Waals surface area (Å²) in [6.45, 7) is 15.3. The van der Waals surface area contributed by atoms with E-state index in [9.17, 15) is 43.5 Å². The molecule has 0 aliphatic carbocycles. The van der Waals surface area contributed by atoms with E-state index in [2.05, 4.69) is 48.8 Å². The number of aryl methyl sites for hydroxylation is 1. The maximum Gasteiger partial charge on any atom is 0.412 e. The molecule has 22 heteroatoms. The molecular formula is C62H81BrClN7O13. The number of benzene rings is 2. The van der Waals surface area contributed by atoms with Crippen molar-refractivity contribution in [1.29, 1.82) is 0 Å². The van der Waals surface area contributed by atoms with Gasteiger partial charge >= 0.3 is 18.1 Å². The summed E-state index contributed by atoms with van der Waals surface area (Å²) in [5.74, 6) is -3.78. The summed E-state index contributed by atoms with van der Waals surface area (Å²) in [7, 11) is 3.06. The third-order valence-electron chi connectivity index (χ3n) is 16.1. The molecule has 4 bridgehead atoms. The number of hydrogen-bond donors (Lipinski definition) is 6. The van der Waals surface area contributed by atoms with Gasteiger partial charge in [-0.2, -0.15) is 0 Å². The lowest BCUT2D eigenvalue weighted by Crippen LogP contribution is -2.53. The number of ether oxygens (including phenoxy) is 4. The monoisotopic (exact) mass is 1250 g/mol. The largest absolute Gasteiger partial charge is 0.462 e. The lowest BCUT2D eigenvalue weighted by atomic mass is 9.78. The van der Waals surface area contributed by atoms with Crippen LogP contribution in [0.25, 0.3) is 10.9 Å². The number of rotatable bonds is 23. The molecule has 6 rings (SSSR count). The minimum absolute atomic E-state index is 0.00843. The van der Waals surface area contributed by atoms with Crippen LogP contribution in [0.2, 0.25) is 5.02 Å². The lowest BCUT2D eigenvalue weighted by molar-refractivity contribution is -0.187. The third kappa shape index (κ3) is 17.5. The number of halogens is 2. The summed E-state index contributed by atoms with van der Waals surface area (Å²) in [6.07, 6.45) is 4.52. The maximum atomic E-state index is 14.5. The number of amides is 6. The van der Waals surface area contributed by atoms with E-state index in [1.807, 2.05) is 52.8 Å². The van der Waals surface area contributed by atoms with Crippen molar-refractivity contribution in [3.8, 4) is 0 Å². The minimum atomic E-state index is -1.63. The van der Waals surface area contributed by atoms with Crippen molar-refractivity contribution >= 4 is 97.2 Å². The predicted octanol–water partition coefficient (Wildman–Crippen LogP) is 8.37. The highest BCUT2D eigenvalue weighted by Crippen LogP contribution is 2.50. The smallest absolute Gasteiger partial charge is 0.412 e. The summed E-state index contributed by atoms with van der Waals surface area (Å²) in [6, 6.07) is 8.61. The fourth-order valence-corrected chi connectivity index (χ4v) is 11.5. The van der Waals surface area contributed by atoms with Crippen molar-refractivity contribution in [2.75, 3.05) is 42.8 Å². The molecule has 0 saturated carbocycles. The van der Waals surface area contributed by atoms with Gasteiger partial charge in [0.2, 0.25) is 17.7 Å². The molecular weight excluding hydrogens is 1170 g/mol. The number of anilines is 2. The van der Waals surface area contributed by atoms with Crippen LogP contribution in [0, 0.1) is 24.7 Å². The summed E-state index contributed by atoms with van der Waals surface area (Å²) in [4.78, 5) is 113. The maximum absolute atomic E-state index is 14.5. The molecule has 84 heavy (non-hydrogen) atoms. The number of hydrogen-bond acceptors (Lipinski definition) is 14. The van der Waals surface area contributed by atoms with Crippen LogP contribution in [0.15, 0.2) is 78.5 Å². The second kappa shape index (κ2) is 30.0. The van der Waals surface area contributed by atoms with Crippen molar-refractivity contribution < 1.29 is 62.4 Å². The number of methoxy groups -OCH3 is 1. The van der Waals surface area contributed by atoms with E-state index in [1.165, 1.54) is 18.2 Å². The van der Waals surface area contributed by atoms with Gasteiger partial charge in [0.1, 0.15) is 35.3 Å². The van der Waals surface area contributed by atoms with Crippen molar-refractivity contribution in [3.05, 3.63) is 100 Å². The third-order valence-corrected chi connectivity index (χ3v) is 17.2. The number of fused-ring (bicyclic) bond motifs is 6. The van der Waals surface area contributed by atoms with E-state index in [-0.39, 0.29) is 87.0 Å². The van der Waals surface area contributed by atoms with Crippen LogP contribution in [0.5, 0.6) is 0 Å². The number of nitrogens with two attached hydrogens (primary N) is 1. The highest BCUT2D eigenvalue weighted by atomic mass is 79.9. The Labute approximate surface area is 504 Å². The van der Waals surface area contributed by atoms with E-state index in [0.29, 0.717) is 70.3 Å². The van der Waals surface area contributed by atoms with E-state index in [0.717, 1.165) is 16.7 Å². The zero-order chi connectivity index (χ0) is 61.6. The summed E-state index contributed by atoms with van der Waals surface area (Å²) < 4.78 is 24.2. The molecule has 9 atom stereocenters. The number of ketones is 2. The van der Waals surface area contributed by atoms with Crippen molar-refractivity contribution in [1.82, 2.24) is 20.9 Å². The van der Waals surface area contributed by atoms with E-state index in [1.54, 1.807) is 50.4 Å². The molecule has 3 aromatic rings. The van der Waals surface area contributed by atoms with Gasteiger partial charge in [0.15, 0.2) is 5.78 Å². The molecule has 0 radical (unpaired) electrons. The number of unbranched alkanes of at least 4 members (excludes halogenated alkanes) is 2.